The molecule has 0 bridgehead atoms. The van der Waals surface area contributed by atoms with Crippen LogP contribution in [0.1, 0.15) is 69.4 Å². The number of ether oxygens (including phenoxy) is 3. The summed E-state index contributed by atoms with van der Waals surface area (Å²) in [5.74, 6) is -2.21. The molecule has 1 heterocycles. The second kappa shape index (κ2) is 9.55. The molecule has 0 fully saturated rings. The lowest BCUT2D eigenvalue weighted by molar-refractivity contribution is -0.142. The molecule has 1 aromatic heterocycles. The molecule has 0 aliphatic heterocycles. The summed E-state index contributed by atoms with van der Waals surface area (Å²) in [4.78, 5) is 53.8. The average molecular weight is 428 g/mol. The van der Waals surface area contributed by atoms with Crippen LogP contribution in [0.2, 0.25) is 0 Å². The molecule has 1 unspecified atom stereocenters. The van der Waals surface area contributed by atoms with Gasteiger partial charge in [0, 0.05) is 18.2 Å². The van der Waals surface area contributed by atoms with Gasteiger partial charge in [-0.2, -0.15) is 0 Å². The van der Waals surface area contributed by atoms with Crippen LogP contribution in [0.4, 0.5) is 0 Å². The molecule has 0 amide bonds. The minimum absolute atomic E-state index is 0.0414. The van der Waals surface area contributed by atoms with Crippen molar-refractivity contribution in [2.75, 3.05) is 19.8 Å². The van der Waals surface area contributed by atoms with Crippen molar-refractivity contribution in [1.82, 2.24) is 9.55 Å². The molecule has 0 saturated heterocycles. The Morgan fingerprint density at radius 3 is 2.39 bits per heavy atom. The van der Waals surface area contributed by atoms with Gasteiger partial charge in [0.05, 0.1) is 26.2 Å². The zero-order chi connectivity index (χ0) is 22.5. The number of hydrogen-bond donors (Lipinski definition) is 0. The number of fused-ring (bicyclic) bond motifs is 1. The molecule has 1 aliphatic rings. The minimum Gasteiger partial charge on any atom is -0.466 e. The third-order valence-electron chi connectivity index (χ3n) is 4.89. The average Bonchev–Trinajstić information content (AvgIpc) is 3.31. The van der Waals surface area contributed by atoms with Crippen molar-refractivity contribution in [2.24, 2.45) is 0 Å². The Morgan fingerprint density at radius 1 is 1.03 bits per heavy atom. The van der Waals surface area contributed by atoms with E-state index in [9.17, 15) is 19.2 Å². The Kier molecular flexibility index (Phi) is 6.84. The number of ketones is 1. The summed E-state index contributed by atoms with van der Waals surface area (Å²) in [6.07, 6.45) is 1.62. The van der Waals surface area contributed by atoms with Gasteiger partial charge in [0.25, 0.3) is 0 Å². The predicted octanol–water partition coefficient (Wildman–Crippen LogP) is 2.32. The lowest BCUT2D eigenvalue weighted by Gasteiger charge is -2.13. The van der Waals surface area contributed by atoms with Crippen molar-refractivity contribution >= 4 is 23.7 Å². The van der Waals surface area contributed by atoms with Crippen LogP contribution >= 0.6 is 0 Å². The van der Waals surface area contributed by atoms with Gasteiger partial charge in [-0.1, -0.05) is 18.2 Å². The van der Waals surface area contributed by atoms with Crippen LogP contribution in [0.15, 0.2) is 24.4 Å². The van der Waals surface area contributed by atoms with E-state index in [1.807, 2.05) is 0 Å². The van der Waals surface area contributed by atoms with E-state index in [1.54, 1.807) is 39.0 Å². The highest BCUT2D eigenvalue weighted by Gasteiger charge is 2.37. The summed E-state index contributed by atoms with van der Waals surface area (Å²) < 4.78 is 16.4. The van der Waals surface area contributed by atoms with Gasteiger partial charge >= 0.3 is 17.9 Å². The van der Waals surface area contributed by atoms with Crippen molar-refractivity contribution in [2.45, 2.75) is 39.7 Å². The standard InChI is InChI=1S/C22H24N2O7/c1-4-29-18(25)10-13-8-7-9-14-15(13)11-17(19(14)26)24-12-16(21(27)30-5-2)23-20(24)22(28)31-6-3/h7-9,12,17H,4-6,10-11H2,1-3H3. The van der Waals surface area contributed by atoms with Gasteiger partial charge in [0.15, 0.2) is 11.5 Å². The number of hydrogen-bond acceptors (Lipinski definition) is 8. The third-order valence-corrected chi connectivity index (χ3v) is 4.89. The lowest BCUT2D eigenvalue weighted by atomic mass is 10.0. The SMILES string of the molecule is CCOC(=O)Cc1cccc2c1CC(n1cc(C(=O)OCC)nc1C(=O)OCC)C2=O. The number of Topliss-reactive ketones (excluding diaryl/α,β-unsaturated/α-hetero) is 1. The maximum absolute atomic E-state index is 13.2. The Morgan fingerprint density at radius 2 is 1.71 bits per heavy atom. The Labute approximate surface area is 179 Å². The van der Waals surface area contributed by atoms with Gasteiger partial charge in [-0.15, -0.1) is 0 Å². The summed E-state index contributed by atoms with van der Waals surface area (Å²) >= 11 is 0. The smallest absolute Gasteiger partial charge is 0.374 e. The van der Waals surface area contributed by atoms with Gasteiger partial charge in [0.1, 0.15) is 6.04 Å². The molecule has 1 atom stereocenters. The first kappa shape index (κ1) is 22.2. The number of benzene rings is 1. The van der Waals surface area contributed by atoms with Gasteiger partial charge in [0.2, 0.25) is 5.82 Å². The number of nitrogens with zero attached hydrogens (tertiary/aromatic N) is 2. The lowest BCUT2D eigenvalue weighted by Crippen LogP contribution is -2.21. The van der Waals surface area contributed by atoms with E-state index >= 15 is 0 Å². The highest BCUT2D eigenvalue weighted by molar-refractivity contribution is 6.04. The van der Waals surface area contributed by atoms with Gasteiger partial charge in [-0.3, -0.25) is 9.59 Å². The highest BCUT2D eigenvalue weighted by Crippen LogP contribution is 2.34. The summed E-state index contributed by atoms with van der Waals surface area (Å²) in [5, 5.41) is 0. The van der Waals surface area contributed by atoms with Crippen LogP contribution in [0.25, 0.3) is 0 Å². The molecule has 1 aromatic carbocycles. The molecule has 0 N–H and O–H groups in total. The number of rotatable bonds is 8. The molecular formula is C22H24N2O7. The van der Waals surface area contributed by atoms with E-state index in [-0.39, 0.29) is 55.9 Å². The van der Waals surface area contributed by atoms with E-state index in [1.165, 1.54) is 10.8 Å². The Bertz CT molecular complexity index is 1020. The molecule has 0 saturated carbocycles. The zero-order valence-corrected chi connectivity index (χ0v) is 17.7. The topological polar surface area (TPSA) is 114 Å². The number of imidazole rings is 1. The van der Waals surface area contributed by atoms with E-state index in [0.29, 0.717) is 16.7 Å². The molecule has 9 heteroatoms. The van der Waals surface area contributed by atoms with Crippen molar-refractivity contribution in [1.29, 1.82) is 0 Å². The van der Waals surface area contributed by atoms with Crippen LogP contribution in [-0.2, 0) is 31.8 Å². The van der Waals surface area contributed by atoms with Crippen LogP contribution in [0, 0.1) is 0 Å². The first-order valence-electron chi connectivity index (χ1n) is 10.1. The van der Waals surface area contributed by atoms with Gasteiger partial charge < -0.3 is 18.8 Å². The Balaban J connectivity index is 1.99. The fourth-order valence-electron chi connectivity index (χ4n) is 3.61. The molecule has 0 radical (unpaired) electrons. The van der Waals surface area contributed by atoms with E-state index < -0.39 is 18.0 Å². The van der Waals surface area contributed by atoms with Crippen molar-refractivity contribution < 1.29 is 33.4 Å². The number of carbonyl (C=O) groups excluding carboxylic acids is 4. The minimum atomic E-state index is -0.798. The van der Waals surface area contributed by atoms with Crippen molar-refractivity contribution in [3.63, 3.8) is 0 Å². The first-order chi connectivity index (χ1) is 14.9. The van der Waals surface area contributed by atoms with Gasteiger partial charge in [-0.05, 0) is 31.9 Å². The van der Waals surface area contributed by atoms with E-state index in [4.69, 9.17) is 14.2 Å². The summed E-state index contributed by atoms with van der Waals surface area (Å²) in [6, 6.07) is 4.36. The summed E-state index contributed by atoms with van der Waals surface area (Å²) in [6.45, 7) is 5.56. The molecule has 3 rings (SSSR count). The summed E-state index contributed by atoms with van der Waals surface area (Å²) in [5.41, 5.74) is 1.79. The number of aromatic nitrogens is 2. The van der Waals surface area contributed by atoms with Crippen LogP contribution < -0.4 is 0 Å². The predicted molar refractivity (Wildman–Crippen MR) is 108 cm³/mol. The van der Waals surface area contributed by atoms with Crippen LogP contribution in [-0.4, -0.2) is 53.1 Å². The van der Waals surface area contributed by atoms with E-state index in [2.05, 4.69) is 4.98 Å². The normalized spacial score (nSPS) is 14.8. The maximum atomic E-state index is 13.2. The molecule has 9 nitrogen and oxygen atoms in total. The molecule has 164 valence electrons. The fraction of sp³-hybridized carbons (Fsp3) is 0.409. The third kappa shape index (κ3) is 4.50. The zero-order valence-electron chi connectivity index (χ0n) is 17.7. The van der Waals surface area contributed by atoms with Crippen molar-refractivity contribution in [3.05, 3.63) is 52.6 Å². The maximum Gasteiger partial charge on any atom is 0.374 e. The number of carbonyl (C=O) groups is 4. The quantitative estimate of drug-likeness (QED) is 0.465. The molecule has 31 heavy (non-hydrogen) atoms. The van der Waals surface area contributed by atoms with Crippen LogP contribution in [0.5, 0.6) is 0 Å². The van der Waals surface area contributed by atoms with Crippen LogP contribution in [0.3, 0.4) is 0 Å². The fourth-order valence-corrected chi connectivity index (χ4v) is 3.61. The van der Waals surface area contributed by atoms with Crippen molar-refractivity contribution in [3.8, 4) is 0 Å². The van der Waals surface area contributed by atoms with E-state index in [0.717, 1.165) is 0 Å². The molecular weight excluding hydrogens is 404 g/mol. The second-order valence-corrected chi connectivity index (χ2v) is 6.81. The summed E-state index contributed by atoms with van der Waals surface area (Å²) in [7, 11) is 0. The monoisotopic (exact) mass is 428 g/mol. The highest BCUT2D eigenvalue weighted by atomic mass is 16.5. The van der Waals surface area contributed by atoms with Gasteiger partial charge in [-0.25, -0.2) is 14.6 Å². The largest absolute Gasteiger partial charge is 0.466 e. The number of esters is 3. The first-order valence-corrected chi connectivity index (χ1v) is 10.1. The Hall–Kier alpha value is -3.49. The molecule has 0 spiro atoms. The second-order valence-electron chi connectivity index (χ2n) is 6.81. The molecule has 2 aromatic rings. The molecule has 1 aliphatic carbocycles.